The Labute approximate surface area is 229 Å². The Bertz CT molecular complexity index is 1640. The zero-order valence-electron chi connectivity index (χ0n) is 22.8. The lowest BCUT2D eigenvalue weighted by Crippen LogP contribution is -2.30. The van der Waals surface area contributed by atoms with E-state index < -0.39 is 23.6 Å². The first-order valence-electron chi connectivity index (χ1n) is 12.6. The highest BCUT2D eigenvalue weighted by molar-refractivity contribution is 6.06. The lowest BCUT2D eigenvalue weighted by Gasteiger charge is -2.23. The van der Waals surface area contributed by atoms with Crippen molar-refractivity contribution in [2.75, 3.05) is 16.8 Å². The summed E-state index contributed by atoms with van der Waals surface area (Å²) in [6, 6.07) is 6.31. The molecule has 1 aromatic carbocycles. The molecule has 5 rings (SSSR count). The number of amides is 2. The minimum atomic E-state index is -1.31. The van der Waals surface area contributed by atoms with Gasteiger partial charge in [0.05, 0.1) is 24.5 Å². The predicted octanol–water partition coefficient (Wildman–Crippen LogP) is 5.44. The van der Waals surface area contributed by atoms with Crippen LogP contribution < -0.4 is 15.0 Å². The molecule has 0 atom stereocenters. The first-order chi connectivity index (χ1) is 18.9. The zero-order chi connectivity index (χ0) is 28.8. The summed E-state index contributed by atoms with van der Waals surface area (Å²) in [6.45, 7) is 7.22. The number of pyridine rings is 2. The number of hydrogen-bond donors (Lipinski definition) is 2. The Hall–Kier alpha value is -4.74. The monoisotopic (exact) mass is 548 g/mol. The molecule has 0 aliphatic carbocycles. The number of aromatic nitrogens is 4. The summed E-state index contributed by atoms with van der Waals surface area (Å²) in [4.78, 5) is 34.8. The highest BCUT2D eigenvalue weighted by Crippen LogP contribution is 2.37. The van der Waals surface area contributed by atoms with Crippen molar-refractivity contribution in [3.05, 3.63) is 59.3 Å². The molecule has 0 saturated heterocycles. The van der Waals surface area contributed by atoms with Crippen LogP contribution in [0.15, 0.2) is 36.7 Å². The van der Waals surface area contributed by atoms with Crippen LogP contribution in [0.2, 0.25) is 0 Å². The summed E-state index contributed by atoms with van der Waals surface area (Å²) < 4.78 is 27.5. The number of carbonyl (C=O) groups excluding carboxylic acids is 1. The van der Waals surface area contributed by atoms with Gasteiger partial charge in [0.1, 0.15) is 28.8 Å². The molecule has 11 nitrogen and oxygen atoms in total. The molecule has 1 aliphatic rings. The fourth-order valence-electron chi connectivity index (χ4n) is 4.76. The molecular formula is C28H29FN6O5. The molecule has 0 radical (unpaired) electrons. The Morgan fingerprint density at radius 1 is 1.20 bits per heavy atom. The Balaban J connectivity index is 1.64. The van der Waals surface area contributed by atoms with Crippen LogP contribution in [-0.2, 0) is 24.8 Å². The minimum Gasteiger partial charge on any atom is -0.493 e. The molecule has 40 heavy (non-hydrogen) atoms. The number of anilines is 2. The zero-order valence-corrected chi connectivity index (χ0v) is 22.8. The Morgan fingerprint density at radius 2 is 1.98 bits per heavy atom. The Kier molecular flexibility index (Phi) is 6.78. The van der Waals surface area contributed by atoms with Gasteiger partial charge in [-0.2, -0.15) is 5.10 Å². The number of aryl methyl sites for hydroxylation is 2. The van der Waals surface area contributed by atoms with Gasteiger partial charge in [0.15, 0.2) is 0 Å². The van der Waals surface area contributed by atoms with Crippen LogP contribution in [0.1, 0.15) is 37.6 Å². The van der Waals surface area contributed by atoms with E-state index in [1.54, 1.807) is 44.6 Å². The fourth-order valence-corrected chi connectivity index (χ4v) is 4.76. The van der Waals surface area contributed by atoms with E-state index in [1.807, 2.05) is 13.0 Å². The minimum absolute atomic E-state index is 0.0670. The van der Waals surface area contributed by atoms with Crippen LogP contribution in [-0.4, -0.2) is 49.2 Å². The maximum Gasteiger partial charge on any atom is 0.413 e. The molecule has 0 bridgehead atoms. The standard InChI is InChI=1S/C28H29FN6O5/c1-15-10-22(34(5)33-15)18-12-31-25(19-13-30-24(11-17(18)19)32-26(36)40-28(2,3)4)35(27(37)38)14-20-16-8-9-39-23(16)7-6-21(20)29/h6-7,10-13H,8-9,14H2,1-5H3,(H,37,38)(H,30,32,36). The van der Waals surface area contributed by atoms with Crippen molar-refractivity contribution in [2.24, 2.45) is 7.05 Å². The second-order valence-electron chi connectivity index (χ2n) is 10.5. The van der Waals surface area contributed by atoms with E-state index >= 15 is 0 Å². The van der Waals surface area contributed by atoms with E-state index in [1.165, 1.54) is 18.5 Å². The molecule has 4 heterocycles. The van der Waals surface area contributed by atoms with Crippen molar-refractivity contribution in [3.8, 4) is 17.0 Å². The van der Waals surface area contributed by atoms with Gasteiger partial charge >= 0.3 is 12.2 Å². The van der Waals surface area contributed by atoms with Crippen LogP contribution in [0.3, 0.4) is 0 Å². The maximum absolute atomic E-state index is 15.0. The molecule has 4 aromatic rings. The molecule has 0 saturated carbocycles. The smallest absolute Gasteiger partial charge is 0.413 e. The number of halogens is 1. The molecule has 3 aromatic heterocycles. The third-order valence-corrected chi connectivity index (χ3v) is 6.40. The number of hydrogen-bond acceptors (Lipinski definition) is 7. The van der Waals surface area contributed by atoms with Crippen molar-refractivity contribution < 1.29 is 28.6 Å². The molecule has 0 spiro atoms. The number of carbonyl (C=O) groups is 2. The summed E-state index contributed by atoms with van der Waals surface area (Å²) in [6.07, 6.45) is 1.45. The van der Waals surface area contributed by atoms with E-state index in [4.69, 9.17) is 9.47 Å². The second-order valence-corrected chi connectivity index (χ2v) is 10.5. The lowest BCUT2D eigenvalue weighted by molar-refractivity contribution is 0.0635. The number of nitrogens with zero attached hydrogens (tertiary/aromatic N) is 5. The summed E-state index contributed by atoms with van der Waals surface area (Å²) in [5.74, 6) is 0.284. The van der Waals surface area contributed by atoms with E-state index in [9.17, 15) is 19.1 Å². The first-order valence-corrected chi connectivity index (χ1v) is 12.6. The molecule has 1 aliphatic heterocycles. The Morgan fingerprint density at radius 3 is 2.65 bits per heavy atom. The number of benzene rings is 1. The van der Waals surface area contributed by atoms with Gasteiger partial charge in [-0.1, -0.05) is 0 Å². The molecule has 2 amide bonds. The van der Waals surface area contributed by atoms with Gasteiger partial charge in [-0.3, -0.25) is 14.9 Å². The normalized spacial score (nSPS) is 12.7. The number of rotatable bonds is 5. The summed E-state index contributed by atoms with van der Waals surface area (Å²) in [5, 5.41) is 18.2. The fraction of sp³-hybridized carbons (Fsp3) is 0.321. The average Bonchev–Trinajstić information content (AvgIpc) is 3.47. The van der Waals surface area contributed by atoms with Crippen LogP contribution >= 0.6 is 0 Å². The number of carboxylic acid groups (broad SMARTS) is 1. The van der Waals surface area contributed by atoms with Gasteiger partial charge in [0, 0.05) is 53.3 Å². The van der Waals surface area contributed by atoms with Crippen molar-refractivity contribution in [3.63, 3.8) is 0 Å². The van der Waals surface area contributed by atoms with E-state index in [0.717, 1.165) is 16.3 Å². The molecular weight excluding hydrogens is 519 g/mol. The lowest BCUT2D eigenvalue weighted by atomic mass is 10.0. The second kappa shape index (κ2) is 10.1. The van der Waals surface area contributed by atoms with Crippen molar-refractivity contribution in [2.45, 2.75) is 46.3 Å². The maximum atomic E-state index is 15.0. The summed E-state index contributed by atoms with van der Waals surface area (Å²) in [7, 11) is 1.79. The van der Waals surface area contributed by atoms with Gasteiger partial charge in [-0.05, 0) is 52.0 Å². The average molecular weight is 549 g/mol. The number of fused-ring (bicyclic) bond motifs is 2. The van der Waals surface area contributed by atoms with Gasteiger partial charge in [-0.25, -0.2) is 23.9 Å². The highest BCUT2D eigenvalue weighted by atomic mass is 19.1. The predicted molar refractivity (Wildman–Crippen MR) is 146 cm³/mol. The van der Waals surface area contributed by atoms with Crippen LogP contribution in [0.25, 0.3) is 22.0 Å². The molecule has 12 heteroatoms. The van der Waals surface area contributed by atoms with Crippen LogP contribution in [0.4, 0.5) is 25.6 Å². The van der Waals surface area contributed by atoms with Crippen molar-refractivity contribution in [1.29, 1.82) is 0 Å². The van der Waals surface area contributed by atoms with E-state index in [-0.39, 0.29) is 23.7 Å². The topological polar surface area (TPSA) is 132 Å². The van der Waals surface area contributed by atoms with Crippen LogP contribution in [0, 0.1) is 12.7 Å². The summed E-state index contributed by atoms with van der Waals surface area (Å²) >= 11 is 0. The molecule has 2 N–H and O–H groups in total. The SMILES string of the molecule is Cc1cc(-c2cnc(N(Cc3c(F)ccc4c3CCO4)C(=O)O)c3cnc(NC(=O)OC(C)(C)C)cc23)n(C)n1. The molecule has 0 fully saturated rings. The number of ether oxygens (including phenoxy) is 2. The van der Waals surface area contributed by atoms with Gasteiger partial charge in [0.2, 0.25) is 0 Å². The molecule has 208 valence electrons. The molecule has 0 unspecified atom stereocenters. The van der Waals surface area contributed by atoms with Gasteiger partial charge in [0.25, 0.3) is 0 Å². The largest absolute Gasteiger partial charge is 0.493 e. The quantitative estimate of drug-likeness (QED) is 0.337. The third kappa shape index (κ3) is 5.24. The summed E-state index contributed by atoms with van der Waals surface area (Å²) in [5.41, 5.74) is 2.30. The first kappa shape index (κ1) is 26.9. The number of nitrogens with one attached hydrogen (secondary N) is 1. The van der Waals surface area contributed by atoms with Gasteiger partial charge < -0.3 is 14.6 Å². The third-order valence-electron chi connectivity index (χ3n) is 6.40. The van der Waals surface area contributed by atoms with Crippen molar-refractivity contribution >= 4 is 34.6 Å². The van der Waals surface area contributed by atoms with E-state index in [0.29, 0.717) is 40.7 Å². The van der Waals surface area contributed by atoms with Crippen LogP contribution in [0.5, 0.6) is 5.75 Å². The highest BCUT2D eigenvalue weighted by Gasteiger charge is 2.27. The van der Waals surface area contributed by atoms with E-state index in [2.05, 4.69) is 20.4 Å². The van der Waals surface area contributed by atoms with Crippen molar-refractivity contribution in [1.82, 2.24) is 19.7 Å². The van der Waals surface area contributed by atoms with Gasteiger partial charge in [-0.15, -0.1) is 0 Å².